The summed E-state index contributed by atoms with van der Waals surface area (Å²) in [6.45, 7) is -0.123. The predicted octanol–water partition coefficient (Wildman–Crippen LogP) is 2.86. The lowest BCUT2D eigenvalue weighted by molar-refractivity contribution is -0.0125. The summed E-state index contributed by atoms with van der Waals surface area (Å²) in [4.78, 5) is 23.2. The van der Waals surface area contributed by atoms with Crippen molar-refractivity contribution >= 4 is 23.1 Å². The average Bonchev–Trinajstić information content (AvgIpc) is 2.79. The molecule has 1 aliphatic carbocycles. The molecule has 0 aliphatic heterocycles. The maximum Gasteiger partial charge on any atom is 0.257 e. The molecule has 0 spiro atoms. The minimum absolute atomic E-state index is 0.123. The van der Waals surface area contributed by atoms with Gasteiger partial charge in [-0.05, 0) is 30.2 Å². The molecule has 0 bridgehead atoms. The molecule has 1 heterocycles. The molecule has 3 rings (SSSR count). The van der Waals surface area contributed by atoms with Gasteiger partial charge in [-0.1, -0.05) is 0 Å². The van der Waals surface area contributed by atoms with E-state index >= 15 is 0 Å². The number of fused-ring (bicyclic) bond motifs is 3. The molecule has 0 unspecified atom stereocenters. The molecule has 4 nitrogen and oxygen atoms in total. The number of benzene rings is 1. The highest BCUT2D eigenvalue weighted by Gasteiger charge is 2.38. The Morgan fingerprint density at radius 2 is 2.23 bits per heavy atom. The second-order valence-corrected chi connectivity index (χ2v) is 5.51. The maximum atomic E-state index is 13.8. The summed E-state index contributed by atoms with van der Waals surface area (Å²) in [5.74, 6) is -3.08. The lowest BCUT2D eigenvalue weighted by atomic mass is 9.92. The van der Waals surface area contributed by atoms with Crippen molar-refractivity contribution in [3.05, 3.63) is 35.0 Å². The second-order valence-electron chi connectivity index (χ2n) is 5.51. The van der Waals surface area contributed by atoms with Gasteiger partial charge in [0.05, 0.1) is 5.52 Å². The first-order chi connectivity index (χ1) is 10.5. The monoisotopic (exact) mass is 307 g/mol. The number of methoxy groups -OCH3 is 1. The van der Waals surface area contributed by atoms with Crippen LogP contribution in [-0.2, 0) is 17.6 Å². The van der Waals surface area contributed by atoms with Crippen LogP contribution in [-0.4, -0.2) is 36.4 Å². The van der Waals surface area contributed by atoms with Crippen molar-refractivity contribution in [2.75, 3.05) is 13.7 Å². The van der Waals surface area contributed by atoms with E-state index in [1.165, 1.54) is 11.7 Å². The first-order valence-electron chi connectivity index (χ1n) is 6.98. The highest BCUT2D eigenvalue weighted by atomic mass is 19.3. The zero-order chi connectivity index (χ0) is 15.9. The van der Waals surface area contributed by atoms with Crippen LogP contribution in [0.5, 0.6) is 0 Å². The Kier molecular flexibility index (Phi) is 3.56. The van der Waals surface area contributed by atoms with E-state index in [1.807, 2.05) is 0 Å². The van der Waals surface area contributed by atoms with Crippen LogP contribution in [0.25, 0.3) is 10.9 Å². The summed E-state index contributed by atoms with van der Waals surface area (Å²) in [5, 5.41) is 0.545. The summed E-state index contributed by atoms with van der Waals surface area (Å²) in [6.07, 6.45) is 0.107. The number of hydrogen-bond acceptors (Lipinski definition) is 3. The standard InChI is InChI=1S/C16H15F2NO3/c1-22-9-15(21)19-13-3-2-10(8-20)6-11(13)12-7-16(17,18)5-4-14(12)19/h2-3,6,8H,4-5,7,9H2,1H3. The lowest BCUT2D eigenvalue weighted by Gasteiger charge is -2.23. The van der Waals surface area contributed by atoms with E-state index in [4.69, 9.17) is 4.74 Å². The van der Waals surface area contributed by atoms with Gasteiger partial charge in [0.1, 0.15) is 12.9 Å². The first kappa shape index (κ1) is 14.8. The molecule has 0 radical (unpaired) electrons. The fourth-order valence-electron chi connectivity index (χ4n) is 3.08. The molecule has 0 saturated carbocycles. The van der Waals surface area contributed by atoms with Crippen LogP contribution in [0.3, 0.4) is 0 Å². The van der Waals surface area contributed by atoms with Gasteiger partial charge >= 0.3 is 0 Å². The Labute approximate surface area is 125 Å². The molecule has 0 fully saturated rings. The van der Waals surface area contributed by atoms with Crippen molar-refractivity contribution < 1.29 is 23.1 Å². The molecule has 116 valence electrons. The first-order valence-corrected chi connectivity index (χ1v) is 6.98. The minimum Gasteiger partial charge on any atom is -0.375 e. The van der Waals surface area contributed by atoms with Gasteiger partial charge in [-0.15, -0.1) is 0 Å². The number of ether oxygens (including phenoxy) is 1. The molecule has 2 aromatic rings. The van der Waals surface area contributed by atoms with Gasteiger partial charge in [0.25, 0.3) is 11.8 Å². The summed E-state index contributed by atoms with van der Waals surface area (Å²) >= 11 is 0. The molecule has 0 atom stereocenters. The third kappa shape index (κ3) is 2.33. The number of alkyl halides is 2. The minimum atomic E-state index is -2.78. The Bertz CT molecular complexity index is 764. The molecule has 0 amide bonds. The van der Waals surface area contributed by atoms with Crippen LogP contribution >= 0.6 is 0 Å². The maximum absolute atomic E-state index is 13.8. The van der Waals surface area contributed by atoms with Crippen molar-refractivity contribution in [2.45, 2.75) is 25.2 Å². The fraction of sp³-hybridized carbons (Fsp3) is 0.375. The highest BCUT2D eigenvalue weighted by molar-refractivity contribution is 5.98. The van der Waals surface area contributed by atoms with Gasteiger partial charge in [0.15, 0.2) is 0 Å². The second kappa shape index (κ2) is 5.28. The quantitative estimate of drug-likeness (QED) is 0.819. The Morgan fingerprint density at radius 3 is 2.91 bits per heavy atom. The van der Waals surface area contributed by atoms with E-state index in [2.05, 4.69) is 0 Å². The van der Waals surface area contributed by atoms with Gasteiger partial charge < -0.3 is 4.74 Å². The van der Waals surface area contributed by atoms with Crippen LogP contribution in [0.1, 0.15) is 32.8 Å². The molecule has 22 heavy (non-hydrogen) atoms. The van der Waals surface area contributed by atoms with E-state index in [1.54, 1.807) is 18.2 Å². The van der Waals surface area contributed by atoms with E-state index in [0.717, 1.165) is 0 Å². The lowest BCUT2D eigenvalue weighted by Crippen LogP contribution is -2.28. The van der Waals surface area contributed by atoms with Crippen LogP contribution < -0.4 is 0 Å². The number of carbonyl (C=O) groups excluding carboxylic acids is 2. The summed E-state index contributed by atoms with van der Waals surface area (Å²) in [6, 6.07) is 4.78. The summed E-state index contributed by atoms with van der Waals surface area (Å²) < 4.78 is 33.9. The third-order valence-corrected chi connectivity index (χ3v) is 4.02. The van der Waals surface area contributed by atoms with Crippen molar-refractivity contribution in [3.8, 4) is 0 Å². The average molecular weight is 307 g/mol. The number of aldehydes is 1. The highest BCUT2D eigenvalue weighted by Crippen LogP contribution is 2.38. The van der Waals surface area contributed by atoms with Gasteiger partial charge in [-0.3, -0.25) is 14.2 Å². The molecule has 0 N–H and O–H groups in total. The summed E-state index contributed by atoms with van der Waals surface area (Å²) in [5.41, 5.74) is 2.02. The Balaban J connectivity index is 2.27. The van der Waals surface area contributed by atoms with Crippen LogP contribution in [0.15, 0.2) is 18.2 Å². The van der Waals surface area contributed by atoms with Crippen LogP contribution in [0.2, 0.25) is 0 Å². The number of hydrogen-bond donors (Lipinski definition) is 0. The zero-order valence-corrected chi connectivity index (χ0v) is 12.1. The largest absolute Gasteiger partial charge is 0.375 e. The molecular formula is C16H15F2NO3. The fourth-order valence-corrected chi connectivity index (χ4v) is 3.08. The van der Waals surface area contributed by atoms with Crippen LogP contribution in [0, 0.1) is 0 Å². The van der Waals surface area contributed by atoms with Crippen molar-refractivity contribution in [2.24, 2.45) is 0 Å². The normalized spacial score (nSPS) is 16.5. The molecule has 1 aromatic carbocycles. The zero-order valence-electron chi connectivity index (χ0n) is 12.1. The number of aromatic nitrogens is 1. The van der Waals surface area contributed by atoms with Gasteiger partial charge in [0, 0.05) is 36.6 Å². The van der Waals surface area contributed by atoms with Gasteiger partial charge in [-0.2, -0.15) is 0 Å². The Morgan fingerprint density at radius 1 is 1.45 bits per heavy atom. The topological polar surface area (TPSA) is 48.3 Å². The molecule has 1 aromatic heterocycles. The molecule has 1 aliphatic rings. The molecule has 6 heteroatoms. The predicted molar refractivity (Wildman–Crippen MR) is 76.8 cm³/mol. The molecule has 0 saturated heterocycles. The van der Waals surface area contributed by atoms with Crippen LogP contribution in [0.4, 0.5) is 8.78 Å². The van der Waals surface area contributed by atoms with E-state index in [-0.39, 0.29) is 25.4 Å². The van der Waals surface area contributed by atoms with Crippen molar-refractivity contribution in [3.63, 3.8) is 0 Å². The molecular weight excluding hydrogens is 292 g/mol. The van der Waals surface area contributed by atoms with E-state index in [9.17, 15) is 18.4 Å². The number of nitrogens with zero attached hydrogens (tertiary/aromatic N) is 1. The van der Waals surface area contributed by atoms with E-state index < -0.39 is 12.3 Å². The van der Waals surface area contributed by atoms with Gasteiger partial charge in [-0.25, -0.2) is 8.78 Å². The van der Waals surface area contributed by atoms with E-state index in [0.29, 0.717) is 34.0 Å². The Hall–Kier alpha value is -2.08. The number of rotatable bonds is 3. The summed E-state index contributed by atoms with van der Waals surface area (Å²) in [7, 11) is 1.41. The number of halogens is 2. The van der Waals surface area contributed by atoms with Crippen molar-refractivity contribution in [1.29, 1.82) is 0 Å². The van der Waals surface area contributed by atoms with Gasteiger partial charge in [0.2, 0.25) is 0 Å². The smallest absolute Gasteiger partial charge is 0.257 e. The number of carbonyl (C=O) groups is 2. The SMILES string of the molecule is COCC(=O)n1c2c(c3cc(C=O)ccc31)CC(F)(F)CC2. The third-order valence-electron chi connectivity index (χ3n) is 4.02. The van der Waals surface area contributed by atoms with Crippen molar-refractivity contribution in [1.82, 2.24) is 4.57 Å².